The first-order chi connectivity index (χ1) is 4.09. The first-order valence-corrected chi connectivity index (χ1v) is 2.67. The highest BCUT2D eigenvalue weighted by atomic mass is 16.4. The van der Waals surface area contributed by atoms with Crippen LogP contribution in [0.4, 0.5) is 0 Å². The molecular formula is C5H11NO3. The number of carboxylic acids is 1. The molecule has 2 atom stereocenters. The average Bonchev–Trinajstić information content (AvgIpc) is 1.84. The number of aliphatic hydroxyl groups is 1. The fraction of sp³-hybridized carbons (Fsp3) is 0.800. The summed E-state index contributed by atoms with van der Waals surface area (Å²) in [5.74, 6) is -1.20. The summed E-state index contributed by atoms with van der Waals surface area (Å²) in [6, 6.07) is -0.400. The Morgan fingerprint density at radius 2 is 2.11 bits per heavy atom. The predicted octanol–water partition coefficient (Wildman–Crippen LogP) is -0.960. The van der Waals surface area contributed by atoms with Crippen molar-refractivity contribution in [2.45, 2.75) is 19.1 Å². The molecule has 0 aliphatic rings. The van der Waals surface area contributed by atoms with E-state index in [1.165, 1.54) is 0 Å². The zero-order valence-corrected chi connectivity index (χ0v) is 5.46. The fourth-order valence-electron chi connectivity index (χ4n) is 0.372. The van der Waals surface area contributed by atoms with Crippen molar-refractivity contribution < 1.29 is 15.0 Å². The summed E-state index contributed by atoms with van der Waals surface area (Å²) < 4.78 is 0. The van der Waals surface area contributed by atoms with Crippen LogP contribution in [0.25, 0.3) is 0 Å². The van der Waals surface area contributed by atoms with Crippen LogP contribution in [0.5, 0.6) is 0 Å². The van der Waals surface area contributed by atoms with Crippen LogP contribution in [-0.2, 0) is 4.79 Å². The van der Waals surface area contributed by atoms with E-state index in [1.54, 1.807) is 14.0 Å². The third kappa shape index (κ3) is 2.43. The quantitative estimate of drug-likeness (QED) is 0.463. The van der Waals surface area contributed by atoms with Crippen LogP contribution >= 0.6 is 0 Å². The van der Waals surface area contributed by atoms with Gasteiger partial charge in [0.2, 0.25) is 0 Å². The van der Waals surface area contributed by atoms with Crippen LogP contribution in [-0.4, -0.2) is 35.4 Å². The van der Waals surface area contributed by atoms with E-state index in [2.05, 4.69) is 5.32 Å². The molecule has 0 aliphatic carbocycles. The Labute approximate surface area is 53.5 Å². The zero-order valence-electron chi connectivity index (χ0n) is 5.46. The normalized spacial score (nSPS) is 16.8. The molecule has 0 aromatic carbocycles. The first kappa shape index (κ1) is 8.39. The molecule has 0 fully saturated rings. The number of likely N-dealkylation sites (N-methyl/N-ethyl adjacent to an activating group) is 1. The lowest BCUT2D eigenvalue weighted by Gasteiger charge is -2.12. The molecule has 4 nitrogen and oxygen atoms in total. The number of aliphatic carboxylic acids is 1. The van der Waals surface area contributed by atoms with E-state index in [0.29, 0.717) is 0 Å². The molecule has 0 aromatic heterocycles. The van der Waals surface area contributed by atoms with Crippen molar-refractivity contribution in [3.8, 4) is 0 Å². The van der Waals surface area contributed by atoms with Gasteiger partial charge in [0.15, 0.2) is 6.10 Å². The van der Waals surface area contributed by atoms with Gasteiger partial charge in [-0.2, -0.15) is 0 Å². The molecular weight excluding hydrogens is 122 g/mol. The maximum atomic E-state index is 10.0. The summed E-state index contributed by atoms with van der Waals surface area (Å²) in [5, 5.41) is 19.5. The van der Waals surface area contributed by atoms with Gasteiger partial charge in [-0.15, -0.1) is 0 Å². The Morgan fingerprint density at radius 3 is 2.22 bits per heavy atom. The van der Waals surface area contributed by atoms with E-state index >= 15 is 0 Å². The molecule has 9 heavy (non-hydrogen) atoms. The molecule has 0 saturated carbocycles. The van der Waals surface area contributed by atoms with Crippen LogP contribution < -0.4 is 5.32 Å². The van der Waals surface area contributed by atoms with Crippen LogP contribution in [0.15, 0.2) is 0 Å². The largest absolute Gasteiger partial charge is 0.479 e. The number of nitrogens with one attached hydrogen (secondary N) is 1. The lowest BCUT2D eigenvalue weighted by molar-refractivity contribution is -0.147. The molecule has 0 rings (SSSR count). The van der Waals surface area contributed by atoms with Crippen molar-refractivity contribution in [1.29, 1.82) is 0 Å². The monoisotopic (exact) mass is 133 g/mol. The lowest BCUT2D eigenvalue weighted by atomic mass is 10.2. The number of carbonyl (C=O) groups is 1. The van der Waals surface area contributed by atoms with Gasteiger partial charge in [0.1, 0.15) is 0 Å². The van der Waals surface area contributed by atoms with Crippen molar-refractivity contribution in [3.05, 3.63) is 0 Å². The van der Waals surface area contributed by atoms with Gasteiger partial charge in [-0.3, -0.25) is 0 Å². The summed E-state index contributed by atoms with van der Waals surface area (Å²) >= 11 is 0. The molecule has 1 unspecified atom stereocenters. The van der Waals surface area contributed by atoms with Gasteiger partial charge >= 0.3 is 5.97 Å². The Hall–Kier alpha value is -0.610. The van der Waals surface area contributed by atoms with Crippen molar-refractivity contribution in [3.63, 3.8) is 0 Å². The molecule has 0 spiro atoms. The molecule has 54 valence electrons. The number of rotatable bonds is 3. The standard InChI is InChI=1S/C5H11NO3/c1-3(6-2)4(7)5(8)9/h3-4,6-7H,1-2H3,(H,8,9)/t3-,4?/m0/s1. The molecule has 0 amide bonds. The molecule has 0 saturated heterocycles. The van der Waals surface area contributed by atoms with E-state index in [1.807, 2.05) is 0 Å². The van der Waals surface area contributed by atoms with Gasteiger partial charge in [0, 0.05) is 6.04 Å². The molecule has 4 heteroatoms. The minimum atomic E-state index is -1.31. The van der Waals surface area contributed by atoms with E-state index in [9.17, 15) is 4.79 Å². The van der Waals surface area contributed by atoms with Crippen molar-refractivity contribution in [2.24, 2.45) is 0 Å². The van der Waals surface area contributed by atoms with Gasteiger partial charge in [0.05, 0.1) is 0 Å². The minimum Gasteiger partial charge on any atom is -0.479 e. The topological polar surface area (TPSA) is 69.6 Å². The number of hydrogen-bond donors (Lipinski definition) is 3. The highest BCUT2D eigenvalue weighted by Crippen LogP contribution is 1.89. The Bertz CT molecular complexity index is 104. The van der Waals surface area contributed by atoms with Gasteiger partial charge < -0.3 is 15.5 Å². The van der Waals surface area contributed by atoms with E-state index < -0.39 is 18.1 Å². The minimum absolute atomic E-state index is 0.400. The highest BCUT2D eigenvalue weighted by Gasteiger charge is 2.18. The fourth-order valence-corrected chi connectivity index (χ4v) is 0.372. The van der Waals surface area contributed by atoms with Crippen LogP contribution in [0.3, 0.4) is 0 Å². The van der Waals surface area contributed by atoms with Gasteiger partial charge in [-0.25, -0.2) is 4.79 Å². The van der Waals surface area contributed by atoms with Gasteiger partial charge in [-0.1, -0.05) is 0 Å². The second kappa shape index (κ2) is 3.42. The summed E-state index contributed by atoms with van der Waals surface area (Å²) in [7, 11) is 1.59. The number of hydrogen-bond acceptors (Lipinski definition) is 3. The highest BCUT2D eigenvalue weighted by molar-refractivity contribution is 5.72. The number of carboxylic acid groups (broad SMARTS) is 1. The average molecular weight is 133 g/mol. The molecule has 3 N–H and O–H groups in total. The number of aliphatic hydroxyl groups excluding tert-OH is 1. The first-order valence-electron chi connectivity index (χ1n) is 2.67. The van der Waals surface area contributed by atoms with E-state index in [0.717, 1.165) is 0 Å². The Morgan fingerprint density at radius 1 is 1.67 bits per heavy atom. The van der Waals surface area contributed by atoms with Crippen LogP contribution in [0.1, 0.15) is 6.92 Å². The van der Waals surface area contributed by atoms with Crippen molar-refractivity contribution in [2.75, 3.05) is 7.05 Å². The van der Waals surface area contributed by atoms with Gasteiger partial charge in [0.25, 0.3) is 0 Å². The third-order valence-corrected chi connectivity index (χ3v) is 1.18. The van der Waals surface area contributed by atoms with Gasteiger partial charge in [-0.05, 0) is 14.0 Å². The van der Waals surface area contributed by atoms with E-state index in [4.69, 9.17) is 10.2 Å². The molecule has 0 aromatic rings. The maximum absolute atomic E-state index is 10.0. The SMILES string of the molecule is CN[C@@H](C)C(O)C(=O)O. The Kier molecular flexibility index (Phi) is 3.19. The van der Waals surface area contributed by atoms with Crippen molar-refractivity contribution >= 4 is 5.97 Å². The molecule has 0 aliphatic heterocycles. The van der Waals surface area contributed by atoms with E-state index in [-0.39, 0.29) is 0 Å². The molecule has 0 heterocycles. The second-order valence-electron chi connectivity index (χ2n) is 1.86. The zero-order chi connectivity index (χ0) is 7.44. The second-order valence-corrected chi connectivity index (χ2v) is 1.86. The summed E-state index contributed by atoms with van der Waals surface area (Å²) in [6.45, 7) is 1.60. The van der Waals surface area contributed by atoms with Crippen LogP contribution in [0.2, 0.25) is 0 Å². The Balaban J connectivity index is 3.72. The lowest BCUT2D eigenvalue weighted by Crippen LogP contribution is -2.40. The molecule has 0 radical (unpaired) electrons. The maximum Gasteiger partial charge on any atom is 0.334 e. The van der Waals surface area contributed by atoms with Crippen molar-refractivity contribution in [1.82, 2.24) is 5.32 Å². The summed E-state index contributed by atoms with van der Waals surface area (Å²) in [4.78, 5) is 10.0. The predicted molar refractivity (Wildman–Crippen MR) is 32.2 cm³/mol. The third-order valence-electron chi connectivity index (χ3n) is 1.18. The summed E-state index contributed by atoms with van der Waals surface area (Å²) in [6.07, 6.45) is -1.31. The smallest absolute Gasteiger partial charge is 0.334 e. The van der Waals surface area contributed by atoms with Crippen LogP contribution in [0, 0.1) is 0 Å². The summed E-state index contributed by atoms with van der Waals surface area (Å²) in [5.41, 5.74) is 0. The molecule has 0 bridgehead atoms.